The number of hydrogen-bond acceptors (Lipinski definition) is 6. The second kappa shape index (κ2) is 4.77. The van der Waals surface area contributed by atoms with Crippen LogP contribution in [0.25, 0.3) is 0 Å². The van der Waals surface area contributed by atoms with Crippen LogP contribution in [0.2, 0.25) is 0 Å². The first kappa shape index (κ1) is 14.3. The van der Waals surface area contributed by atoms with Crippen molar-refractivity contribution in [3.05, 3.63) is 18.2 Å². The minimum absolute atomic E-state index is 0.0352. The third-order valence-electron chi connectivity index (χ3n) is 2.78. The minimum Gasteiger partial charge on any atom is -0.486 e. The summed E-state index contributed by atoms with van der Waals surface area (Å²) < 4.78 is 51.9. The fourth-order valence-electron chi connectivity index (χ4n) is 1.63. The topological polar surface area (TPSA) is 89.5 Å². The minimum atomic E-state index is -3.56. The molecule has 0 radical (unpaired) electrons. The first-order chi connectivity index (χ1) is 8.68. The summed E-state index contributed by atoms with van der Waals surface area (Å²) in [7, 11) is -7.01. The summed E-state index contributed by atoms with van der Waals surface area (Å²) >= 11 is 0. The van der Waals surface area contributed by atoms with Gasteiger partial charge in [-0.05, 0) is 18.2 Å². The van der Waals surface area contributed by atoms with E-state index in [2.05, 4.69) is 5.32 Å². The average Bonchev–Trinajstić information content (AvgIpc) is 2.20. The van der Waals surface area contributed by atoms with Gasteiger partial charge >= 0.3 is 0 Å². The molecule has 1 saturated heterocycles. The molecule has 0 bridgehead atoms. The van der Waals surface area contributed by atoms with E-state index in [9.17, 15) is 16.8 Å². The van der Waals surface area contributed by atoms with E-state index in [1.54, 1.807) is 0 Å². The van der Waals surface area contributed by atoms with Crippen LogP contribution in [-0.2, 0) is 19.7 Å². The molecule has 0 amide bonds. The Balaban J connectivity index is 2.48. The van der Waals surface area contributed by atoms with Gasteiger partial charge in [-0.1, -0.05) is 0 Å². The molecular formula is C11H15NO5S2. The molecule has 1 aromatic carbocycles. The predicted molar refractivity (Wildman–Crippen MR) is 69.9 cm³/mol. The van der Waals surface area contributed by atoms with Crippen molar-refractivity contribution in [1.29, 1.82) is 0 Å². The van der Waals surface area contributed by atoms with Gasteiger partial charge in [0.1, 0.15) is 16.7 Å². The maximum Gasteiger partial charge on any atom is 0.179 e. The fourth-order valence-corrected chi connectivity index (χ4v) is 3.18. The number of rotatable bonds is 4. The molecule has 1 heterocycles. The number of ether oxygens (including phenoxy) is 1. The fraction of sp³-hybridized carbons (Fsp3) is 0.455. The van der Waals surface area contributed by atoms with Crippen molar-refractivity contribution in [2.75, 3.05) is 25.6 Å². The van der Waals surface area contributed by atoms with Crippen LogP contribution in [0.15, 0.2) is 28.0 Å². The van der Waals surface area contributed by atoms with Gasteiger partial charge < -0.3 is 10.1 Å². The van der Waals surface area contributed by atoms with Crippen LogP contribution in [0.3, 0.4) is 0 Å². The molecule has 0 aliphatic carbocycles. The Morgan fingerprint density at radius 1 is 1.11 bits per heavy atom. The van der Waals surface area contributed by atoms with Crippen LogP contribution in [0.4, 0.5) is 0 Å². The summed E-state index contributed by atoms with van der Waals surface area (Å²) in [4.78, 5) is -0.130. The van der Waals surface area contributed by atoms with Crippen LogP contribution >= 0.6 is 0 Å². The second-order valence-corrected chi connectivity index (χ2v) is 8.55. The van der Waals surface area contributed by atoms with E-state index in [1.807, 2.05) is 0 Å². The largest absolute Gasteiger partial charge is 0.486 e. The van der Waals surface area contributed by atoms with Gasteiger partial charge in [-0.25, -0.2) is 16.8 Å². The quantitative estimate of drug-likeness (QED) is 0.832. The summed E-state index contributed by atoms with van der Waals surface area (Å²) in [6.45, 7) is 1.30. The van der Waals surface area contributed by atoms with Crippen molar-refractivity contribution < 1.29 is 21.6 Å². The van der Waals surface area contributed by atoms with Gasteiger partial charge in [0.25, 0.3) is 0 Å². The third-order valence-corrected chi connectivity index (χ3v) is 5.01. The second-order valence-electron chi connectivity index (χ2n) is 4.55. The van der Waals surface area contributed by atoms with E-state index in [0.717, 1.165) is 18.6 Å². The van der Waals surface area contributed by atoms with E-state index in [1.165, 1.54) is 12.1 Å². The highest BCUT2D eigenvalue weighted by molar-refractivity contribution is 7.91. The molecule has 0 atom stereocenters. The van der Waals surface area contributed by atoms with E-state index in [0.29, 0.717) is 13.1 Å². The summed E-state index contributed by atoms with van der Waals surface area (Å²) in [6, 6.07) is 3.89. The molecule has 1 N–H and O–H groups in total. The van der Waals surface area contributed by atoms with Crippen LogP contribution < -0.4 is 10.1 Å². The summed E-state index contributed by atoms with van der Waals surface area (Å²) in [5.41, 5.74) is 0. The first-order valence-electron chi connectivity index (χ1n) is 5.59. The molecule has 0 saturated carbocycles. The lowest BCUT2D eigenvalue weighted by Crippen LogP contribution is -2.50. The van der Waals surface area contributed by atoms with Crippen molar-refractivity contribution in [3.63, 3.8) is 0 Å². The number of nitrogens with one attached hydrogen (secondary N) is 1. The van der Waals surface area contributed by atoms with E-state index in [4.69, 9.17) is 4.74 Å². The van der Waals surface area contributed by atoms with Gasteiger partial charge in [0.05, 0.1) is 4.90 Å². The third kappa shape index (κ3) is 3.26. The Kier molecular flexibility index (Phi) is 3.59. The average molecular weight is 305 g/mol. The monoisotopic (exact) mass is 305 g/mol. The van der Waals surface area contributed by atoms with Crippen molar-refractivity contribution in [1.82, 2.24) is 5.32 Å². The Hall–Kier alpha value is -1.12. The van der Waals surface area contributed by atoms with Gasteiger partial charge in [-0.15, -0.1) is 0 Å². The van der Waals surface area contributed by atoms with E-state index in [-0.39, 0.29) is 21.6 Å². The van der Waals surface area contributed by atoms with Crippen LogP contribution in [0.5, 0.6) is 5.75 Å². The Labute approximate surface area is 112 Å². The lowest BCUT2D eigenvalue weighted by molar-refractivity contribution is 0.138. The summed E-state index contributed by atoms with van der Waals surface area (Å²) in [6.07, 6.45) is 1.98. The lowest BCUT2D eigenvalue weighted by atomic mass is 10.2. The van der Waals surface area contributed by atoms with Gasteiger partial charge in [-0.3, -0.25) is 0 Å². The van der Waals surface area contributed by atoms with Crippen molar-refractivity contribution in [2.24, 2.45) is 0 Å². The Bertz CT molecular complexity index is 690. The number of benzene rings is 1. The molecule has 1 aromatic rings. The van der Waals surface area contributed by atoms with E-state index >= 15 is 0 Å². The van der Waals surface area contributed by atoms with Gasteiger partial charge in [0.2, 0.25) is 0 Å². The molecule has 106 valence electrons. The molecular weight excluding hydrogens is 290 g/mol. The highest BCUT2D eigenvalue weighted by Gasteiger charge is 2.24. The van der Waals surface area contributed by atoms with Crippen molar-refractivity contribution in [2.45, 2.75) is 15.9 Å². The zero-order valence-electron chi connectivity index (χ0n) is 10.6. The van der Waals surface area contributed by atoms with Crippen LogP contribution in [0, 0.1) is 0 Å². The number of hydrogen-bond donors (Lipinski definition) is 1. The van der Waals surface area contributed by atoms with Crippen molar-refractivity contribution >= 4 is 19.7 Å². The highest BCUT2D eigenvalue weighted by Crippen LogP contribution is 2.28. The smallest absolute Gasteiger partial charge is 0.179 e. The summed E-state index contributed by atoms with van der Waals surface area (Å²) in [5.74, 6) is 0.196. The zero-order valence-corrected chi connectivity index (χ0v) is 12.2. The van der Waals surface area contributed by atoms with Gasteiger partial charge in [0, 0.05) is 25.6 Å². The molecule has 2 rings (SSSR count). The normalized spacial score (nSPS) is 16.9. The highest BCUT2D eigenvalue weighted by atomic mass is 32.2. The predicted octanol–water partition coefficient (Wildman–Crippen LogP) is -0.156. The van der Waals surface area contributed by atoms with Crippen LogP contribution in [-0.4, -0.2) is 48.5 Å². The molecule has 19 heavy (non-hydrogen) atoms. The maximum absolute atomic E-state index is 11.7. The van der Waals surface area contributed by atoms with Crippen molar-refractivity contribution in [3.8, 4) is 5.75 Å². The van der Waals surface area contributed by atoms with Crippen LogP contribution in [0.1, 0.15) is 0 Å². The van der Waals surface area contributed by atoms with E-state index < -0.39 is 19.7 Å². The number of sulfone groups is 2. The molecule has 0 aromatic heterocycles. The van der Waals surface area contributed by atoms with Gasteiger partial charge in [-0.2, -0.15) is 0 Å². The van der Waals surface area contributed by atoms with Gasteiger partial charge in [0.15, 0.2) is 19.7 Å². The zero-order chi connectivity index (χ0) is 14.3. The molecule has 1 aliphatic rings. The lowest BCUT2D eigenvalue weighted by Gasteiger charge is -2.28. The molecule has 1 aliphatic heterocycles. The maximum atomic E-state index is 11.7. The molecule has 1 fully saturated rings. The Morgan fingerprint density at radius 3 is 2.16 bits per heavy atom. The molecule has 8 heteroatoms. The molecule has 0 spiro atoms. The molecule has 6 nitrogen and oxygen atoms in total. The Morgan fingerprint density at radius 2 is 1.74 bits per heavy atom. The first-order valence-corrected chi connectivity index (χ1v) is 9.38. The standard InChI is InChI=1S/C11H15NO5S2/c1-18(13,14)9-3-4-10(17-8-6-12-7-8)11(5-9)19(2,15)16/h3-5,8,12H,6-7H2,1-2H3. The summed E-state index contributed by atoms with van der Waals surface area (Å²) in [5, 5.41) is 3.00. The SMILES string of the molecule is CS(=O)(=O)c1ccc(OC2CNC2)c(S(C)(=O)=O)c1. The molecule has 0 unspecified atom stereocenters.